The highest BCUT2D eigenvalue weighted by molar-refractivity contribution is 6.06. The number of halogens is 2. The van der Waals surface area contributed by atoms with Crippen LogP contribution in [0.3, 0.4) is 0 Å². The van der Waals surface area contributed by atoms with Crippen LogP contribution in [0, 0.1) is 17.3 Å². The number of rotatable bonds is 4. The molecule has 0 bridgehead atoms. The summed E-state index contributed by atoms with van der Waals surface area (Å²) in [4.78, 5) is 13.5. The molecule has 0 heterocycles. The van der Waals surface area contributed by atoms with Crippen molar-refractivity contribution >= 4 is 11.9 Å². The lowest BCUT2D eigenvalue weighted by molar-refractivity contribution is -0.127. The summed E-state index contributed by atoms with van der Waals surface area (Å²) in [6, 6.07) is 13.0. The predicted octanol–water partition coefficient (Wildman–Crippen LogP) is 6.42. The molecule has 168 valence electrons. The van der Waals surface area contributed by atoms with Gasteiger partial charge in [0.05, 0.1) is 7.11 Å². The minimum atomic E-state index is -2.84. The Kier molecular flexibility index (Phi) is 5.31. The molecule has 0 N–H and O–H groups in total. The number of Topliss-reactive ketones (excluding diaryl/α,β-unsaturated/α-hetero) is 1. The number of fused-ring (bicyclic) bond motifs is 5. The number of hydrogen-bond acceptors (Lipinski definition) is 3. The van der Waals surface area contributed by atoms with Gasteiger partial charge in [-0.1, -0.05) is 25.1 Å². The normalized spacial score (nSPS) is 30.1. The molecule has 2 saturated carbocycles. The van der Waals surface area contributed by atoms with Crippen LogP contribution in [-0.4, -0.2) is 19.5 Å². The van der Waals surface area contributed by atoms with E-state index in [4.69, 9.17) is 4.74 Å². The summed E-state index contributed by atoms with van der Waals surface area (Å²) in [6.45, 7) is -0.687. The lowest BCUT2D eigenvalue weighted by Gasteiger charge is -2.48. The number of ketones is 1. The summed E-state index contributed by atoms with van der Waals surface area (Å²) in [6.07, 6.45) is 6.80. The Morgan fingerprint density at radius 2 is 1.84 bits per heavy atom. The van der Waals surface area contributed by atoms with Crippen LogP contribution in [0.25, 0.3) is 6.08 Å². The average molecular weight is 439 g/mol. The average Bonchev–Trinajstić information content (AvgIpc) is 3.04. The number of carbonyl (C=O) groups excluding carboxylic acids is 1. The molecule has 0 spiro atoms. The number of alkyl halides is 2. The van der Waals surface area contributed by atoms with Gasteiger partial charge in [-0.05, 0) is 102 Å². The van der Waals surface area contributed by atoms with Gasteiger partial charge in [0.25, 0.3) is 0 Å². The molecule has 4 atom stereocenters. The first-order valence-corrected chi connectivity index (χ1v) is 11.4. The molecule has 3 nitrogen and oxygen atoms in total. The highest BCUT2D eigenvalue weighted by Crippen LogP contribution is 2.60. The summed E-state index contributed by atoms with van der Waals surface area (Å²) in [5.74, 6) is 2.65. The van der Waals surface area contributed by atoms with Crippen molar-refractivity contribution < 1.29 is 23.0 Å². The van der Waals surface area contributed by atoms with Gasteiger partial charge in [0.2, 0.25) is 0 Å². The van der Waals surface area contributed by atoms with E-state index < -0.39 is 6.61 Å². The Morgan fingerprint density at radius 1 is 1.09 bits per heavy atom. The van der Waals surface area contributed by atoms with Crippen LogP contribution in [0.2, 0.25) is 0 Å². The van der Waals surface area contributed by atoms with E-state index in [1.54, 1.807) is 19.2 Å². The largest absolute Gasteiger partial charge is 0.497 e. The molecule has 5 heteroatoms. The van der Waals surface area contributed by atoms with Gasteiger partial charge in [0, 0.05) is 5.41 Å². The smallest absolute Gasteiger partial charge is 0.387 e. The third-order valence-corrected chi connectivity index (χ3v) is 8.02. The molecule has 2 fully saturated rings. The van der Waals surface area contributed by atoms with Gasteiger partial charge in [-0.2, -0.15) is 8.78 Å². The number of hydrogen-bond donors (Lipinski definition) is 0. The van der Waals surface area contributed by atoms with Crippen molar-refractivity contribution in [2.75, 3.05) is 7.11 Å². The van der Waals surface area contributed by atoms with Crippen LogP contribution in [0.4, 0.5) is 8.78 Å². The van der Waals surface area contributed by atoms with Gasteiger partial charge in [-0.3, -0.25) is 4.79 Å². The fourth-order valence-electron chi connectivity index (χ4n) is 6.43. The monoisotopic (exact) mass is 438 g/mol. The molecule has 32 heavy (non-hydrogen) atoms. The van der Waals surface area contributed by atoms with Crippen molar-refractivity contribution in [3.8, 4) is 11.5 Å². The molecular weight excluding hydrogens is 410 g/mol. The fourth-order valence-corrected chi connectivity index (χ4v) is 6.43. The molecule has 2 aromatic carbocycles. The lowest BCUT2D eigenvalue weighted by Crippen LogP contribution is -2.42. The lowest BCUT2D eigenvalue weighted by atomic mass is 9.55. The van der Waals surface area contributed by atoms with Crippen LogP contribution in [0.15, 0.2) is 48.0 Å². The molecule has 5 rings (SSSR count). The maximum Gasteiger partial charge on any atom is 0.387 e. The molecule has 0 amide bonds. The predicted molar refractivity (Wildman–Crippen MR) is 119 cm³/mol. The third kappa shape index (κ3) is 3.52. The Bertz CT molecular complexity index is 1060. The Morgan fingerprint density at radius 3 is 2.56 bits per heavy atom. The Balaban J connectivity index is 1.40. The Hall–Kier alpha value is -2.69. The standard InChI is InChI=1S/C27H28F2O3/c1-27-12-11-22-21-10-8-20(31-2)14-17(21)5-9-23(22)24(27)15-18(25(27)30)13-16-3-6-19(7-4-16)32-26(28)29/h3-4,6-8,10,13-14,22-24,26H,5,9,11-12,15H2,1-2H3/b18-13+/t22-,23-,24-,27+/m1/s1. The highest BCUT2D eigenvalue weighted by Gasteiger charge is 2.56. The van der Waals surface area contributed by atoms with E-state index in [-0.39, 0.29) is 16.9 Å². The zero-order valence-electron chi connectivity index (χ0n) is 18.4. The van der Waals surface area contributed by atoms with Gasteiger partial charge >= 0.3 is 6.61 Å². The number of aryl methyl sites for hydroxylation is 1. The third-order valence-electron chi connectivity index (χ3n) is 8.02. The summed E-state index contributed by atoms with van der Waals surface area (Å²) in [7, 11) is 1.71. The number of methoxy groups -OCH3 is 1. The first-order valence-electron chi connectivity index (χ1n) is 11.4. The molecule has 0 aromatic heterocycles. The van der Waals surface area contributed by atoms with E-state index in [1.165, 1.54) is 23.3 Å². The second-order valence-corrected chi connectivity index (χ2v) is 9.59. The topological polar surface area (TPSA) is 35.5 Å². The van der Waals surface area contributed by atoms with E-state index in [0.717, 1.165) is 49.0 Å². The number of ether oxygens (including phenoxy) is 2. The van der Waals surface area contributed by atoms with Crippen LogP contribution in [0.1, 0.15) is 55.2 Å². The molecule has 0 aliphatic heterocycles. The van der Waals surface area contributed by atoms with Crippen molar-refractivity contribution in [1.29, 1.82) is 0 Å². The van der Waals surface area contributed by atoms with E-state index in [0.29, 0.717) is 17.8 Å². The van der Waals surface area contributed by atoms with Gasteiger partial charge in [-0.25, -0.2) is 0 Å². The van der Waals surface area contributed by atoms with E-state index in [2.05, 4.69) is 29.9 Å². The second kappa shape index (κ2) is 8.02. The maximum absolute atomic E-state index is 13.5. The molecule has 0 unspecified atom stereocenters. The summed E-state index contributed by atoms with van der Waals surface area (Å²) < 4.78 is 34.6. The van der Waals surface area contributed by atoms with E-state index in [9.17, 15) is 13.6 Å². The van der Waals surface area contributed by atoms with Crippen molar-refractivity contribution in [3.63, 3.8) is 0 Å². The number of benzene rings is 2. The molecular formula is C27H28F2O3. The van der Waals surface area contributed by atoms with Gasteiger partial charge < -0.3 is 9.47 Å². The minimum absolute atomic E-state index is 0.126. The summed E-state index contributed by atoms with van der Waals surface area (Å²) in [5.41, 5.74) is 4.22. The minimum Gasteiger partial charge on any atom is -0.497 e. The highest BCUT2D eigenvalue weighted by atomic mass is 19.3. The van der Waals surface area contributed by atoms with E-state index >= 15 is 0 Å². The van der Waals surface area contributed by atoms with Crippen molar-refractivity contribution in [2.45, 2.75) is 51.6 Å². The van der Waals surface area contributed by atoms with Crippen LogP contribution < -0.4 is 9.47 Å². The zero-order chi connectivity index (χ0) is 22.5. The molecule has 0 saturated heterocycles. The van der Waals surface area contributed by atoms with E-state index in [1.807, 2.05) is 6.08 Å². The fraction of sp³-hybridized carbons (Fsp3) is 0.444. The van der Waals surface area contributed by atoms with Gasteiger partial charge in [0.1, 0.15) is 11.5 Å². The maximum atomic E-state index is 13.5. The molecule has 3 aliphatic carbocycles. The van der Waals surface area contributed by atoms with Crippen LogP contribution >= 0.6 is 0 Å². The molecule has 2 aromatic rings. The summed E-state index contributed by atoms with van der Waals surface area (Å²) >= 11 is 0. The van der Waals surface area contributed by atoms with Crippen molar-refractivity contribution in [3.05, 3.63) is 64.7 Å². The van der Waals surface area contributed by atoms with Crippen molar-refractivity contribution in [1.82, 2.24) is 0 Å². The first kappa shape index (κ1) is 21.2. The SMILES string of the molecule is COc1ccc2c(c1)CC[C@@H]1[C@@H]2CC[C@]2(C)C(=O)/C(=C/c3ccc(OC(F)F)cc3)C[C@H]12. The van der Waals surface area contributed by atoms with Gasteiger partial charge in [0.15, 0.2) is 5.78 Å². The second-order valence-electron chi connectivity index (χ2n) is 9.59. The van der Waals surface area contributed by atoms with Crippen LogP contribution in [-0.2, 0) is 11.2 Å². The Labute approximate surface area is 187 Å². The van der Waals surface area contributed by atoms with Crippen LogP contribution in [0.5, 0.6) is 11.5 Å². The quantitative estimate of drug-likeness (QED) is 0.517. The molecule has 3 aliphatic rings. The number of allylic oxidation sites excluding steroid dienone is 1. The zero-order valence-corrected chi connectivity index (χ0v) is 18.4. The molecule has 0 radical (unpaired) electrons. The number of carbonyl (C=O) groups is 1. The van der Waals surface area contributed by atoms with Gasteiger partial charge in [-0.15, -0.1) is 0 Å². The summed E-state index contributed by atoms with van der Waals surface area (Å²) in [5, 5.41) is 0. The van der Waals surface area contributed by atoms with Crippen molar-refractivity contribution in [2.24, 2.45) is 17.3 Å². The first-order chi connectivity index (χ1) is 15.4.